The van der Waals surface area contributed by atoms with Crippen molar-refractivity contribution in [2.24, 2.45) is 0 Å². The van der Waals surface area contributed by atoms with Crippen molar-refractivity contribution in [3.05, 3.63) is 35.8 Å². The number of aryl methyl sites for hydroxylation is 2. The van der Waals surface area contributed by atoms with Crippen molar-refractivity contribution in [1.29, 1.82) is 0 Å². The highest BCUT2D eigenvalue weighted by atomic mass is 16.7. The van der Waals surface area contributed by atoms with E-state index >= 15 is 0 Å². The summed E-state index contributed by atoms with van der Waals surface area (Å²) >= 11 is 0. The summed E-state index contributed by atoms with van der Waals surface area (Å²) in [6, 6.07) is 3.97. The van der Waals surface area contributed by atoms with E-state index in [1.165, 1.54) is 6.20 Å². The molecule has 0 saturated carbocycles. The Kier molecular flexibility index (Phi) is 3.96. The minimum atomic E-state index is -0.102. The van der Waals surface area contributed by atoms with Gasteiger partial charge in [-0.25, -0.2) is 4.98 Å². The van der Waals surface area contributed by atoms with Crippen LogP contribution in [-0.4, -0.2) is 28.6 Å². The molecular weight excluding hydrogens is 242 g/mol. The number of nitrogens with zero attached hydrogens (tertiary/aromatic N) is 3. The molecule has 2 rings (SSSR count). The Morgan fingerprint density at radius 3 is 2.84 bits per heavy atom. The number of hydrogen-bond donors (Lipinski definition) is 0. The van der Waals surface area contributed by atoms with Crippen LogP contribution in [0.25, 0.3) is 11.3 Å². The first kappa shape index (κ1) is 12.0. The van der Waals surface area contributed by atoms with Crippen molar-refractivity contribution < 1.29 is 10.8 Å². The van der Waals surface area contributed by atoms with Gasteiger partial charge in [-0.15, -0.1) is 10.2 Å². The van der Waals surface area contributed by atoms with E-state index in [9.17, 15) is 0 Å². The fourth-order valence-electron chi connectivity index (χ4n) is 1.89. The van der Waals surface area contributed by atoms with Crippen LogP contribution >= 0.6 is 0 Å². The Morgan fingerprint density at radius 2 is 2.16 bits per heavy atom. The number of benzene rings is 1. The van der Waals surface area contributed by atoms with E-state index in [4.69, 9.17) is 10.8 Å². The highest BCUT2D eigenvalue weighted by molar-refractivity contribution is 5.70. The van der Waals surface area contributed by atoms with Gasteiger partial charge < -0.3 is 9.47 Å². The first-order valence-corrected chi connectivity index (χ1v) is 6.10. The van der Waals surface area contributed by atoms with Crippen molar-refractivity contribution in [3.8, 4) is 17.0 Å². The average Bonchev–Trinajstić information content (AvgIpc) is 2.40. The van der Waals surface area contributed by atoms with Crippen LogP contribution in [-0.2, 0) is 4.74 Å². The molecule has 0 fully saturated rings. The van der Waals surface area contributed by atoms with Crippen LogP contribution in [0.3, 0.4) is 0 Å². The van der Waals surface area contributed by atoms with E-state index in [-0.39, 0.29) is 13.1 Å². The summed E-state index contributed by atoms with van der Waals surface area (Å²) in [5, 5.41) is 7.68. The minimum absolute atomic E-state index is 0.102. The third-order valence-corrected chi connectivity index (χ3v) is 2.65. The Balaban J connectivity index is 2.41. The molecule has 2 aromatic rings. The first-order chi connectivity index (χ1) is 9.61. The fourth-order valence-corrected chi connectivity index (χ4v) is 1.89. The van der Waals surface area contributed by atoms with Crippen molar-refractivity contribution >= 4 is 0 Å². The van der Waals surface area contributed by atoms with E-state index in [1.807, 2.05) is 32.9 Å². The number of aromatic nitrogens is 3. The Morgan fingerprint density at radius 1 is 1.32 bits per heavy atom. The van der Waals surface area contributed by atoms with Gasteiger partial charge in [-0.2, -0.15) is 0 Å². The smallest absolute Gasteiger partial charge is 0.189 e. The third kappa shape index (κ3) is 3.26. The van der Waals surface area contributed by atoms with E-state index in [1.54, 1.807) is 0 Å². The van der Waals surface area contributed by atoms with E-state index < -0.39 is 0 Å². The molecule has 0 aliphatic heterocycles. The molecule has 0 aliphatic rings. The van der Waals surface area contributed by atoms with Gasteiger partial charge in [0.1, 0.15) is 19.1 Å². The van der Waals surface area contributed by atoms with E-state index in [0.717, 1.165) is 16.7 Å². The van der Waals surface area contributed by atoms with Gasteiger partial charge in [0.25, 0.3) is 0 Å². The maximum atomic E-state index is 7.30. The third-order valence-electron chi connectivity index (χ3n) is 2.65. The normalized spacial score (nSPS) is 11.2. The molecule has 1 aromatic carbocycles. The fraction of sp³-hybridized carbons (Fsp3) is 0.357. The quantitative estimate of drug-likeness (QED) is 0.610. The van der Waals surface area contributed by atoms with Crippen LogP contribution in [0.5, 0.6) is 5.75 Å². The molecule has 5 nitrogen and oxygen atoms in total. The van der Waals surface area contributed by atoms with Gasteiger partial charge >= 0.3 is 0 Å². The molecule has 0 saturated heterocycles. The summed E-state index contributed by atoms with van der Waals surface area (Å²) in [6.07, 6.45) is 1.43. The largest absolute Gasteiger partial charge is 0.467 e. The molecule has 1 heterocycles. The van der Waals surface area contributed by atoms with Crippen LogP contribution in [0.15, 0.2) is 24.6 Å². The van der Waals surface area contributed by atoms with Crippen molar-refractivity contribution in [2.45, 2.75) is 20.8 Å². The van der Waals surface area contributed by atoms with Gasteiger partial charge in [-0.3, -0.25) is 0 Å². The van der Waals surface area contributed by atoms with Crippen molar-refractivity contribution in [3.63, 3.8) is 0 Å². The molecule has 1 aromatic heterocycles. The molecule has 19 heavy (non-hydrogen) atoms. The van der Waals surface area contributed by atoms with Gasteiger partial charge in [-0.1, -0.05) is 6.07 Å². The lowest BCUT2D eigenvalue weighted by Gasteiger charge is -2.14. The van der Waals surface area contributed by atoms with Crippen LogP contribution in [0.1, 0.15) is 19.4 Å². The molecule has 0 unspecified atom stereocenters. The molecule has 0 aliphatic carbocycles. The van der Waals surface area contributed by atoms with Crippen LogP contribution in [0.4, 0.5) is 0 Å². The van der Waals surface area contributed by atoms with Gasteiger partial charge in [-0.05, 0) is 38.0 Å². The second-order valence-electron chi connectivity index (χ2n) is 4.15. The summed E-state index contributed by atoms with van der Waals surface area (Å²) < 4.78 is 18.2. The monoisotopic (exact) mass is 260 g/mol. The summed E-state index contributed by atoms with van der Waals surface area (Å²) in [6.45, 7) is 6.67. The van der Waals surface area contributed by atoms with E-state index in [0.29, 0.717) is 18.1 Å². The van der Waals surface area contributed by atoms with Gasteiger partial charge in [0.15, 0.2) is 6.79 Å². The van der Waals surface area contributed by atoms with Crippen molar-refractivity contribution in [2.75, 3.05) is 13.4 Å². The lowest BCUT2D eigenvalue weighted by molar-refractivity contribution is 0.0227. The molecular formula is C14H17N3O2. The maximum absolute atomic E-state index is 7.30. The van der Waals surface area contributed by atoms with Crippen LogP contribution in [0, 0.1) is 13.8 Å². The Labute approximate surface area is 114 Å². The summed E-state index contributed by atoms with van der Waals surface area (Å²) in [5.74, 6) is 0.685. The highest BCUT2D eigenvalue weighted by Crippen LogP contribution is 2.32. The van der Waals surface area contributed by atoms with Gasteiger partial charge in [0.2, 0.25) is 0 Å². The number of ether oxygens (including phenoxy) is 2. The zero-order valence-corrected chi connectivity index (χ0v) is 11.3. The van der Waals surface area contributed by atoms with Crippen LogP contribution in [0.2, 0.25) is 0 Å². The zero-order valence-electron chi connectivity index (χ0n) is 12.3. The zero-order chi connectivity index (χ0) is 14.5. The lowest BCUT2D eigenvalue weighted by Crippen LogP contribution is -2.05. The Bertz CT molecular complexity index is 588. The number of hydrogen-bond acceptors (Lipinski definition) is 5. The van der Waals surface area contributed by atoms with Crippen molar-refractivity contribution in [1.82, 2.24) is 15.2 Å². The summed E-state index contributed by atoms with van der Waals surface area (Å²) in [4.78, 5) is 3.86. The molecule has 100 valence electrons. The standard InChI is InChI=1S/C14H17N3O2/c1-4-18-9-19-13-6-10(2)5-11(3)14(13)12-7-15-8-16-17-12/h5-8H,4,9H2,1-3H3/i8D. The second-order valence-corrected chi connectivity index (χ2v) is 4.15. The molecule has 5 heteroatoms. The minimum Gasteiger partial charge on any atom is -0.467 e. The van der Waals surface area contributed by atoms with Gasteiger partial charge in [0, 0.05) is 12.2 Å². The van der Waals surface area contributed by atoms with Crippen LogP contribution < -0.4 is 4.74 Å². The lowest BCUT2D eigenvalue weighted by atomic mass is 10.0. The van der Waals surface area contributed by atoms with Gasteiger partial charge in [0.05, 0.1) is 6.20 Å². The molecule has 0 atom stereocenters. The molecule has 0 bridgehead atoms. The summed E-state index contributed by atoms with van der Waals surface area (Å²) in [5.41, 5.74) is 3.53. The molecule has 0 amide bonds. The average molecular weight is 260 g/mol. The second kappa shape index (κ2) is 6.24. The molecule has 0 N–H and O–H groups in total. The summed E-state index contributed by atoms with van der Waals surface area (Å²) in [7, 11) is 0. The highest BCUT2D eigenvalue weighted by Gasteiger charge is 2.12. The first-order valence-electron chi connectivity index (χ1n) is 6.60. The number of rotatable bonds is 5. The topological polar surface area (TPSA) is 57.1 Å². The molecule has 0 radical (unpaired) electrons. The van der Waals surface area contributed by atoms with E-state index in [2.05, 4.69) is 15.2 Å². The maximum Gasteiger partial charge on any atom is 0.189 e. The molecule has 0 spiro atoms. The predicted molar refractivity (Wildman–Crippen MR) is 71.9 cm³/mol. The SMILES string of the molecule is [2H]c1ncc(-c2c(C)cc(C)cc2OCOCC)nn1. The predicted octanol–water partition coefficient (Wildman–Crippen LogP) is 2.53. The Hall–Kier alpha value is -2.01.